The summed E-state index contributed by atoms with van der Waals surface area (Å²) in [5, 5.41) is 0.824. The van der Waals surface area contributed by atoms with E-state index in [1.807, 2.05) is 31.2 Å². The molecule has 1 atom stereocenters. The number of H-pyrrole nitrogens is 1. The quantitative estimate of drug-likeness (QED) is 0.407. The molecule has 0 bridgehead atoms. The first-order valence-electron chi connectivity index (χ1n) is 9.99. The first-order chi connectivity index (χ1) is 14.9. The molecule has 0 unspecified atom stereocenters. The number of Topliss-reactive ketones (excluding diaryl/α,β-unsaturated/α-hetero) is 1. The zero-order valence-corrected chi connectivity index (χ0v) is 18.4. The normalized spacial score (nSPS) is 11.8. The molecule has 0 amide bonds. The Balaban J connectivity index is 1.67. The van der Waals surface area contributed by atoms with Gasteiger partial charge in [0.2, 0.25) is 11.5 Å². The summed E-state index contributed by atoms with van der Waals surface area (Å²) in [5.74, 6) is 0.847. The maximum atomic E-state index is 12.9. The highest BCUT2D eigenvalue weighted by Crippen LogP contribution is 2.38. The van der Waals surface area contributed by atoms with E-state index in [0.29, 0.717) is 29.2 Å². The van der Waals surface area contributed by atoms with E-state index in [1.54, 1.807) is 19.1 Å². The highest BCUT2D eigenvalue weighted by molar-refractivity contribution is 6.11. The Bertz CT molecular complexity index is 1080. The second-order valence-electron chi connectivity index (χ2n) is 7.20. The van der Waals surface area contributed by atoms with Crippen molar-refractivity contribution in [2.24, 2.45) is 0 Å². The summed E-state index contributed by atoms with van der Waals surface area (Å²) in [4.78, 5) is 28.6. The number of nitrogens with one attached hydrogen (secondary N) is 1. The average molecular weight is 425 g/mol. The Morgan fingerprint density at radius 1 is 1.00 bits per heavy atom. The summed E-state index contributed by atoms with van der Waals surface area (Å²) < 4.78 is 21.4. The van der Waals surface area contributed by atoms with Gasteiger partial charge in [-0.1, -0.05) is 18.2 Å². The van der Waals surface area contributed by atoms with Crippen LogP contribution in [-0.2, 0) is 16.0 Å². The summed E-state index contributed by atoms with van der Waals surface area (Å²) in [6.45, 7) is 3.44. The summed E-state index contributed by atoms with van der Waals surface area (Å²) in [6, 6.07) is 11.1. The standard InChI is InChI=1S/C24H27NO6/c1-14-22(17-8-6-7-9-18(17)25-14)23(27)15(2)31-21(26)11-10-16-12-19(28-3)24(30-5)20(13-16)29-4/h6-9,12-13,15,25H,10-11H2,1-5H3/t15-/m0/s1. The summed E-state index contributed by atoms with van der Waals surface area (Å²) in [6.07, 6.45) is -0.364. The minimum absolute atomic E-state index is 0.114. The number of hydrogen-bond donors (Lipinski definition) is 1. The van der Waals surface area contributed by atoms with E-state index in [2.05, 4.69) is 4.98 Å². The number of aryl methyl sites for hydroxylation is 2. The number of esters is 1. The lowest BCUT2D eigenvalue weighted by Crippen LogP contribution is -2.25. The van der Waals surface area contributed by atoms with E-state index in [9.17, 15) is 9.59 Å². The number of ketones is 1. The number of para-hydroxylation sites is 1. The number of rotatable bonds is 9. The minimum Gasteiger partial charge on any atom is -0.493 e. The van der Waals surface area contributed by atoms with Gasteiger partial charge in [-0.2, -0.15) is 0 Å². The molecule has 1 aromatic heterocycles. The van der Waals surface area contributed by atoms with Crippen molar-refractivity contribution in [3.8, 4) is 17.2 Å². The van der Waals surface area contributed by atoms with E-state index in [1.165, 1.54) is 21.3 Å². The third-order valence-electron chi connectivity index (χ3n) is 5.16. The molecule has 1 N–H and O–H groups in total. The smallest absolute Gasteiger partial charge is 0.306 e. The Hall–Kier alpha value is -3.48. The maximum absolute atomic E-state index is 12.9. The Labute approximate surface area is 181 Å². The van der Waals surface area contributed by atoms with Crippen molar-refractivity contribution in [3.05, 3.63) is 53.2 Å². The van der Waals surface area contributed by atoms with Gasteiger partial charge in [-0.15, -0.1) is 0 Å². The van der Waals surface area contributed by atoms with Crippen molar-refractivity contribution in [1.29, 1.82) is 0 Å². The second-order valence-corrected chi connectivity index (χ2v) is 7.20. The molecular formula is C24H27NO6. The SMILES string of the molecule is COc1cc(CCC(=O)O[C@@H](C)C(=O)c2c(C)[nH]c3ccccc23)cc(OC)c1OC. The number of carbonyl (C=O) groups excluding carboxylic acids is 2. The van der Waals surface area contributed by atoms with Crippen LogP contribution in [0.3, 0.4) is 0 Å². The second kappa shape index (κ2) is 9.55. The monoisotopic (exact) mass is 425 g/mol. The predicted octanol–water partition coefficient (Wildman–Crippen LogP) is 4.25. The summed E-state index contributed by atoms with van der Waals surface area (Å²) >= 11 is 0. The van der Waals surface area contributed by atoms with Crippen LogP contribution in [0.4, 0.5) is 0 Å². The van der Waals surface area contributed by atoms with Crippen molar-refractivity contribution < 1.29 is 28.5 Å². The molecule has 0 aliphatic carbocycles. The Morgan fingerprint density at radius 2 is 1.65 bits per heavy atom. The van der Waals surface area contributed by atoms with Crippen molar-refractivity contribution in [1.82, 2.24) is 4.98 Å². The lowest BCUT2D eigenvalue weighted by Gasteiger charge is -2.15. The molecule has 0 spiro atoms. The van der Waals surface area contributed by atoms with Crippen LogP contribution in [-0.4, -0.2) is 44.2 Å². The highest BCUT2D eigenvalue weighted by atomic mass is 16.5. The van der Waals surface area contributed by atoms with Gasteiger partial charge in [0.1, 0.15) is 0 Å². The maximum Gasteiger partial charge on any atom is 0.306 e. The molecular weight excluding hydrogens is 398 g/mol. The van der Waals surface area contributed by atoms with E-state index in [4.69, 9.17) is 18.9 Å². The lowest BCUT2D eigenvalue weighted by molar-refractivity contribution is -0.146. The van der Waals surface area contributed by atoms with Gasteiger partial charge < -0.3 is 23.9 Å². The van der Waals surface area contributed by atoms with Crippen molar-refractivity contribution >= 4 is 22.7 Å². The minimum atomic E-state index is -0.884. The number of fused-ring (bicyclic) bond motifs is 1. The van der Waals surface area contributed by atoms with Crippen LogP contribution in [0, 0.1) is 6.92 Å². The van der Waals surface area contributed by atoms with Crippen LogP contribution in [0.2, 0.25) is 0 Å². The van der Waals surface area contributed by atoms with Crippen LogP contribution in [0.1, 0.15) is 35.0 Å². The van der Waals surface area contributed by atoms with E-state index < -0.39 is 12.1 Å². The molecule has 3 aromatic rings. The number of hydrogen-bond acceptors (Lipinski definition) is 6. The molecule has 2 aromatic carbocycles. The Kier molecular flexibility index (Phi) is 6.84. The predicted molar refractivity (Wildman–Crippen MR) is 117 cm³/mol. The highest BCUT2D eigenvalue weighted by Gasteiger charge is 2.24. The number of aromatic nitrogens is 1. The van der Waals surface area contributed by atoms with E-state index >= 15 is 0 Å². The molecule has 0 saturated carbocycles. The Morgan fingerprint density at radius 3 is 2.26 bits per heavy atom. The van der Waals surface area contributed by atoms with Gasteiger partial charge in [0, 0.05) is 28.6 Å². The summed E-state index contributed by atoms with van der Waals surface area (Å²) in [5.41, 5.74) is 3.02. The van der Waals surface area contributed by atoms with Crippen LogP contribution in [0.5, 0.6) is 17.2 Å². The third kappa shape index (κ3) is 4.66. The topological polar surface area (TPSA) is 86.9 Å². The van der Waals surface area contributed by atoms with Gasteiger partial charge >= 0.3 is 5.97 Å². The fraction of sp³-hybridized carbons (Fsp3) is 0.333. The molecule has 1 heterocycles. The first kappa shape index (κ1) is 22.2. The van der Waals surface area contributed by atoms with Crippen LogP contribution in [0.15, 0.2) is 36.4 Å². The molecule has 31 heavy (non-hydrogen) atoms. The fourth-order valence-corrected chi connectivity index (χ4v) is 3.63. The average Bonchev–Trinajstić information content (AvgIpc) is 3.11. The van der Waals surface area contributed by atoms with Crippen LogP contribution in [0.25, 0.3) is 10.9 Å². The van der Waals surface area contributed by atoms with Crippen molar-refractivity contribution in [2.45, 2.75) is 32.8 Å². The van der Waals surface area contributed by atoms with Crippen molar-refractivity contribution in [2.75, 3.05) is 21.3 Å². The number of ether oxygens (including phenoxy) is 4. The molecule has 0 aliphatic rings. The molecule has 164 valence electrons. The van der Waals surface area contributed by atoms with Crippen LogP contribution < -0.4 is 14.2 Å². The van der Waals surface area contributed by atoms with Gasteiger partial charge in [0.25, 0.3) is 0 Å². The molecule has 0 aliphatic heterocycles. The van der Waals surface area contributed by atoms with Gasteiger partial charge in [0.05, 0.1) is 21.3 Å². The number of methoxy groups -OCH3 is 3. The number of aromatic amines is 1. The molecule has 7 nitrogen and oxygen atoms in total. The first-order valence-corrected chi connectivity index (χ1v) is 9.99. The van der Waals surface area contributed by atoms with Gasteiger partial charge in [-0.25, -0.2) is 0 Å². The van der Waals surface area contributed by atoms with Gasteiger partial charge in [-0.3, -0.25) is 9.59 Å². The molecule has 0 fully saturated rings. The van der Waals surface area contributed by atoms with Gasteiger partial charge in [0.15, 0.2) is 17.6 Å². The summed E-state index contributed by atoms with van der Waals surface area (Å²) in [7, 11) is 4.61. The molecule has 3 rings (SSSR count). The zero-order chi connectivity index (χ0) is 22.5. The number of carbonyl (C=O) groups is 2. The third-order valence-corrected chi connectivity index (χ3v) is 5.16. The van der Waals surface area contributed by atoms with E-state index in [0.717, 1.165) is 22.2 Å². The molecule has 0 saturated heterocycles. The van der Waals surface area contributed by atoms with Crippen LogP contribution >= 0.6 is 0 Å². The van der Waals surface area contributed by atoms with Gasteiger partial charge in [-0.05, 0) is 44.0 Å². The molecule has 0 radical (unpaired) electrons. The fourth-order valence-electron chi connectivity index (χ4n) is 3.63. The number of benzene rings is 2. The largest absolute Gasteiger partial charge is 0.493 e. The van der Waals surface area contributed by atoms with Crippen molar-refractivity contribution in [3.63, 3.8) is 0 Å². The lowest BCUT2D eigenvalue weighted by atomic mass is 10.0. The van der Waals surface area contributed by atoms with E-state index in [-0.39, 0.29) is 12.2 Å². The zero-order valence-electron chi connectivity index (χ0n) is 18.4. The molecule has 7 heteroatoms.